The molecule has 0 bridgehead atoms. The van der Waals surface area contributed by atoms with Crippen LogP contribution in [0.3, 0.4) is 0 Å². The van der Waals surface area contributed by atoms with Crippen molar-refractivity contribution < 1.29 is 9.90 Å². The number of nitrogens with zero attached hydrogens (tertiary/aromatic N) is 2. The number of nitrogens with two attached hydrogens (primary N) is 1. The van der Waals surface area contributed by atoms with Crippen molar-refractivity contribution in [2.45, 2.75) is 13.5 Å². The molecule has 0 unspecified atom stereocenters. The van der Waals surface area contributed by atoms with Crippen LogP contribution in [0.5, 0.6) is 0 Å². The fourth-order valence-corrected chi connectivity index (χ4v) is 1.56. The number of hydrogen-bond donors (Lipinski definition) is 2. The Morgan fingerprint density at radius 2 is 2.06 bits per heavy atom. The maximum atomic E-state index is 10.8. The Morgan fingerprint density at radius 1 is 1.41 bits per heavy atom. The predicted molar refractivity (Wildman–Crippen MR) is 63.9 cm³/mol. The molecule has 0 saturated carbocycles. The van der Waals surface area contributed by atoms with Crippen LogP contribution in [0.4, 0.5) is 5.82 Å². The third-order valence-electron chi connectivity index (χ3n) is 2.49. The number of nitrogen functional groups attached to an aromatic ring is 1. The van der Waals surface area contributed by atoms with Crippen LogP contribution in [0.1, 0.15) is 21.5 Å². The lowest BCUT2D eigenvalue weighted by atomic mass is 10.1. The van der Waals surface area contributed by atoms with Crippen LogP contribution < -0.4 is 5.73 Å². The van der Waals surface area contributed by atoms with Crippen molar-refractivity contribution in [1.82, 2.24) is 9.78 Å². The van der Waals surface area contributed by atoms with Crippen molar-refractivity contribution in [3.05, 3.63) is 47.2 Å². The van der Waals surface area contributed by atoms with E-state index in [4.69, 9.17) is 10.8 Å². The van der Waals surface area contributed by atoms with E-state index in [9.17, 15) is 4.79 Å². The molecule has 3 N–H and O–H groups in total. The SMILES string of the molecule is Cc1ccc(Cn2cc(C(=O)O)c(N)n2)cc1. The van der Waals surface area contributed by atoms with Gasteiger partial charge in [0.25, 0.3) is 0 Å². The van der Waals surface area contributed by atoms with Crippen LogP contribution in [0.2, 0.25) is 0 Å². The summed E-state index contributed by atoms with van der Waals surface area (Å²) >= 11 is 0. The topological polar surface area (TPSA) is 81.1 Å². The van der Waals surface area contributed by atoms with Gasteiger partial charge in [0, 0.05) is 6.20 Å². The van der Waals surface area contributed by atoms with E-state index in [1.54, 1.807) is 0 Å². The van der Waals surface area contributed by atoms with Gasteiger partial charge < -0.3 is 10.8 Å². The lowest BCUT2D eigenvalue weighted by Gasteiger charge is -2.01. The molecular weight excluding hydrogens is 218 g/mol. The average molecular weight is 231 g/mol. The van der Waals surface area contributed by atoms with Gasteiger partial charge in [-0.1, -0.05) is 29.8 Å². The molecule has 5 heteroatoms. The first kappa shape index (κ1) is 11.2. The van der Waals surface area contributed by atoms with Crippen molar-refractivity contribution >= 4 is 11.8 Å². The summed E-state index contributed by atoms with van der Waals surface area (Å²) in [5.41, 5.74) is 7.78. The van der Waals surface area contributed by atoms with E-state index >= 15 is 0 Å². The van der Waals surface area contributed by atoms with Gasteiger partial charge in [-0.15, -0.1) is 0 Å². The molecule has 0 aliphatic rings. The molecule has 0 spiro atoms. The summed E-state index contributed by atoms with van der Waals surface area (Å²) in [5, 5.41) is 12.8. The first-order chi connectivity index (χ1) is 8.06. The normalized spacial score (nSPS) is 10.4. The Bertz CT molecular complexity index is 543. The van der Waals surface area contributed by atoms with E-state index in [0.29, 0.717) is 6.54 Å². The zero-order chi connectivity index (χ0) is 12.4. The number of rotatable bonds is 3. The number of carboxylic acid groups (broad SMARTS) is 1. The van der Waals surface area contributed by atoms with Crippen LogP contribution in [0, 0.1) is 6.92 Å². The van der Waals surface area contributed by atoms with E-state index in [-0.39, 0.29) is 11.4 Å². The molecule has 0 atom stereocenters. The molecule has 1 aromatic heterocycles. The number of benzene rings is 1. The van der Waals surface area contributed by atoms with Crippen molar-refractivity contribution in [2.75, 3.05) is 5.73 Å². The molecule has 1 heterocycles. The summed E-state index contributed by atoms with van der Waals surface area (Å²) in [5.74, 6) is -1.01. The molecule has 0 fully saturated rings. The van der Waals surface area contributed by atoms with E-state index in [2.05, 4.69) is 5.10 Å². The summed E-state index contributed by atoms with van der Waals surface area (Å²) in [4.78, 5) is 10.8. The highest BCUT2D eigenvalue weighted by Crippen LogP contribution is 2.11. The summed E-state index contributed by atoms with van der Waals surface area (Å²) in [6.07, 6.45) is 1.44. The molecule has 17 heavy (non-hydrogen) atoms. The van der Waals surface area contributed by atoms with Gasteiger partial charge in [0.15, 0.2) is 5.82 Å². The molecule has 0 aliphatic heterocycles. The van der Waals surface area contributed by atoms with Crippen molar-refractivity contribution in [3.8, 4) is 0 Å². The second kappa shape index (κ2) is 4.29. The van der Waals surface area contributed by atoms with Crippen molar-refractivity contribution in [1.29, 1.82) is 0 Å². The van der Waals surface area contributed by atoms with E-state index in [0.717, 1.165) is 5.56 Å². The number of anilines is 1. The van der Waals surface area contributed by atoms with Crippen LogP contribution in [-0.2, 0) is 6.54 Å². The molecular formula is C12H13N3O2. The van der Waals surface area contributed by atoms with Gasteiger partial charge in [-0.05, 0) is 12.5 Å². The fourth-order valence-electron chi connectivity index (χ4n) is 1.56. The second-order valence-corrected chi connectivity index (χ2v) is 3.92. The Hall–Kier alpha value is -2.30. The van der Waals surface area contributed by atoms with E-state index < -0.39 is 5.97 Å². The second-order valence-electron chi connectivity index (χ2n) is 3.92. The van der Waals surface area contributed by atoms with Gasteiger partial charge in [0.2, 0.25) is 0 Å². The minimum absolute atomic E-state index is 0.0390. The molecule has 2 rings (SSSR count). The van der Waals surface area contributed by atoms with E-state index in [1.807, 2.05) is 31.2 Å². The molecule has 88 valence electrons. The maximum absolute atomic E-state index is 10.8. The largest absolute Gasteiger partial charge is 0.477 e. The predicted octanol–water partition coefficient (Wildman–Crippen LogP) is 1.52. The summed E-state index contributed by atoms with van der Waals surface area (Å²) < 4.78 is 1.53. The average Bonchev–Trinajstić information content (AvgIpc) is 2.63. The first-order valence-electron chi connectivity index (χ1n) is 5.18. The maximum Gasteiger partial charge on any atom is 0.341 e. The summed E-state index contributed by atoms with van der Waals surface area (Å²) in [6.45, 7) is 2.52. The molecule has 0 radical (unpaired) electrons. The van der Waals surface area contributed by atoms with Gasteiger partial charge in [-0.3, -0.25) is 4.68 Å². The van der Waals surface area contributed by atoms with Crippen LogP contribution in [0.15, 0.2) is 30.5 Å². The lowest BCUT2D eigenvalue weighted by molar-refractivity contribution is 0.0698. The van der Waals surface area contributed by atoms with Gasteiger partial charge in [0.1, 0.15) is 5.56 Å². The Labute approximate surface area is 98.5 Å². The summed E-state index contributed by atoms with van der Waals surface area (Å²) in [6, 6.07) is 7.96. The number of carbonyl (C=O) groups is 1. The van der Waals surface area contributed by atoms with Crippen LogP contribution in [-0.4, -0.2) is 20.9 Å². The smallest absolute Gasteiger partial charge is 0.341 e. The standard InChI is InChI=1S/C12H13N3O2/c1-8-2-4-9(5-3-8)6-15-7-10(12(16)17)11(13)14-15/h2-5,7H,6H2,1H3,(H2,13,14)(H,16,17). The quantitative estimate of drug-likeness (QED) is 0.839. The molecule has 2 aromatic rings. The number of aromatic nitrogens is 2. The molecule has 0 saturated heterocycles. The molecule has 0 aliphatic carbocycles. The number of aryl methyl sites for hydroxylation is 1. The van der Waals surface area contributed by atoms with E-state index in [1.165, 1.54) is 16.4 Å². The molecule has 5 nitrogen and oxygen atoms in total. The van der Waals surface area contributed by atoms with Crippen molar-refractivity contribution in [2.24, 2.45) is 0 Å². The molecule has 1 aromatic carbocycles. The zero-order valence-corrected chi connectivity index (χ0v) is 9.42. The van der Waals surface area contributed by atoms with Crippen LogP contribution >= 0.6 is 0 Å². The van der Waals surface area contributed by atoms with Crippen molar-refractivity contribution in [3.63, 3.8) is 0 Å². The minimum atomic E-state index is -1.06. The third-order valence-corrected chi connectivity index (χ3v) is 2.49. The Balaban J connectivity index is 2.22. The number of carboxylic acids is 1. The van der Waals surface area contributed by atoms with Gasteiger partial charge in [-0.25, -0.2) is 4.79 Å². The highest BCUT2D eigenvalue weighted by molar-refractivity contribution is 5.92. The van der Waals surface area contributed by atoms with Gasteiger partial charge in [0.05, 0.1) is 6.54 Å². The first-order valence-corrected chi connectivity index (χ1v) is 5.18. The number of aromatic carboxylic acids is 1. The highest BCUT2D eigenvalue weighted by atomic mass is 16.4. The van der Waals surface area contributed by atoms with Gasteiger partial charge >= 0.3 is 5.97 Å². The van der Waals surface area contributed by atoms with Gasteiger partial charge in [-0.2, -0.15) is 5.10 Å². The third kappa shape index (κ3) is 2.44. The fraction of sp³-hybridized carbons (Fsp3) is 0.167. The monoisotopic (exact) mass is 231 g/mol. The minimum Gasteiger partial charge on any atom is -0.477 e. The summed E-state index contributed by atoms with van der Waals surface area (Å²) in [7, 11) is 0. The number of hydrogen-bond acceptors (Lipinski definition) is 3. The zero-order valence-electron chi connectivity index (χ0n) is 9.42. The Morgan fingerprint density at radius 3 is 2.59 bits per heavy atom. The highest BCUT2D eigenvalue weighted by Gasteiger charge is 2.12. The Kier molecular flexibility index (Phi) is 2.82. The molecule has 0 amide bonds. The van der Waals surface area contributed by atoms with Crippen LogP contribution in [0.25, 0.3) is 0 Å². The lowest BCUT2D eigenvalue weighted by Crippen LogP contribution is -2.00.